The number of nitrogens with one attached hydrogen (secondary N) is 1. The van der Waals surface area contributed by atoms with Crippen molar-refractivity contribution >= 4 is 15.9 Å². The topological polar surface area (TPSA) is 15.3 Å². The lowest BCUT2D eigenvalue weighted by Gasteiger charge is -2.32. The third kappa shape index (κ3) is 5.25. The first-order valence-corrected chi connectivity index (χ1v) is 8.13. The van der Waals surface area contributed by atoms with E-state index in [-0.39, 0.29) is 0 Å². The Morgan fingerprint density at radius 3 is 2.42 bits per heavy atom. The average molecular weight is 325 g/mol. The van der Waals surface area contributed by atoms with Crippen LogP contribution in [0.5, 0.6) is 0 Å². The van der Waals surface area contributed by atoms with Gasteiger partial charge in [-0.1, -0.05) is 41.9 Å². The molecule has 1 aromatic rings. The summed E-state index contributed by atoms with van der Waals surface area (Å²) >= 11 is 3.49. The van der Waals surface area contributed by atoms with Gasteiger partial charge < -0.3 is 5.32 Å². The Bertz CT molecular complexity index is 367. The fraction of sp³-hybridized carbons (Fsp3) is 0.625. The lowest BCUT2D eigenvalue weighted by Crippen LogP contribution is -2.38. The van der Waals surface area contributed by atoms with E-state index in [1.807, 2.05) is 0 Å². The minimum Gasteiger partial charge on any atom is -0.314 e. The predicted octanol–water partition coefficient (Wildman–Crippen LogP) is 3.66. The van der Waals surface area contributed by atoms with Gasteiger partial charge in [-0.25, -0.2) is 0 Å². The van der Waals surface area contributed by atoms with Crippen molar-refractivity contribution in [3.63, 3.8) is 0 Å². The molecule has 0 atom stereocenters. The van der Waals surface area contributed by atoms with Gasteiger partial charge in [-0.2, -0.15) is 0 Å². The molecule has 0 aromatic heterocycles. The maximum atomic E-state index is 3.56. The Balaban J connectivity index is 1.72. The van der Waals surface area contributed by atoms with Crippen LogP contribution in [0.1, 0.15) is 32.3 Å². The molecule has 0 bridgehead atoms. The number of benzene rings is 1. The zero-order valence-corrected chi connectivity index (χ0v) is 13.6. The van der Waals surface area contributed by atoms with Gasteiger partial charge in [-0.05, 0) is 56.1 Å². The Kier molecular flexibility index (Phi) is 5.86. The lowest BCUT2D eigenvalue weighted by molar-refractivity contribution is 0.174. The number of likely N-dealkylation sites (tertiary alicyclic amines) is 1. The van der Waals surface area contributed by atoms with Gasteiger partial charge >= 0.3 is 0 Å². The van der Waals surface area contributed by atoms with E-state index in [9.17, 15) is 0 Å². The van der Waals surface area contributed by atoms with E-state index in [2.05, 4.69) is 64.3 Å². The van der Waals surface area contributed by atoms with Crippen molar-refractivity contribution < 1.29 is 0 Å². The van der Waals surface area contributed by atoms with Crippen LogP contribution in [-0.4, -0.2) is 30.6 Å². The number of rotatable bonds is 5. The van der Waals surface area contributed by atoms with Crippen molar-refractivity contribution in [1.82, 2.24) is 10.2 Å². The Hall–Kier alpha value is -0.380. The molecule has 2 rings (SSSR count). The number of piperidine rings is 1. The van der Waals surface area contributed by atoms with Crippen molar-refractivity contribution in [1.29, 1.82) is 0 Å². The van der Waals surface area contributed by atoms with Crippen molar-refractivity contribution in [3.05, 3.63) is 34.3 Å². The molecule has 1 saturated heterocycles. The molecular weight excluding hydrogens is 300 g/mol. The van der Waals surface area contributed by atoms with Crippen LogP contribution in [0.3, 0.4) is 0 Å². The smallest absolute Gasteiger partial charge is 0.0233 e. The summed E-state index contributed by atoms with van der Waals surface area (Å²) in [6, 6.07) is 9.32. The summed E-state index contributed by atoms with van der Waals surface area (Å²) in [6.07, 6.45) is 2.66. The summed E-state index contributed by atoms with van der Waals surface area (Å²) in [5.41, 5.74) is 1.42. The van der Waals surface area contributed by atoms with Crippen molar-refractivity contribution in [3.8, 4) is 0 Å². The molecular formula is C16H25BrN2. The number of hydrogen-bond acceptors (Lipinski definition) is 2. The van der Waals surface area contributed by atoms with Crippen LogP contribution in [0.25, 0.3) is 0 Å². The Morgan fingerprint density at radius 1 is 1.21 bits per heavy atom. The molecule has 106 valence electrons. The predicted molar refractivity (Wildman–Crippen MR) is 85.3 cm³/mol. The molecule has 1 fully saturated rings. The summed E-state index contributed by atoms with van der Waals surface area (Å²) in [5, 5.41) is 3.56. The first kappa shape index (κ1) is 15.0. The lowest BCUT2D eigenvalue weighted by atomic mass is 9.96. The van der Waals surface area contributed by atoms with Crippen LogP contribution >= 0.6 is 15.9 Å². The average Bonchev–Trinajstić information content (AvgIpc) is 2.40. The molecule has 1 aliphatic heterocycles. The summed E-state index contributed by atoms with van der Waals surface area (Å²) in [4.78, 5) is 2.58. The van der Waals surface area contributed by atoms with E-state index >= 15 is 0 Å². The van der Waals surface area contributed by atoms with Gasteiger partial charge in [0.15, 0.2) is 0 Å². The summed E-state index contributed by atoms with van der Waals surface area (Å²) in [5.74, 6) is 0.864. The zero-order valence-electron chi connectivity index (χ0n) is 12.0. The SMILES string of the molecule is CC(C)NCC1CCN(Cc2ccc(Br)cc2)CC1. The van der Waals surface area contributed by atoms with E-state index in [1.54, 1.807) is 0 Å². The molecule has 0 spiro atoms. The van der Waals surface area contributed by atoms with Gasteiger partial charge in [0.1, 0.15) is 0 Å². The van der Waals surface area contributed by atoms with E-state index < -0.39 is 0 Å². The molecule has 1 heterocycles. The van der Waals surface area contributed by atoms with Crippen LogP contribution in [0.15, 0.2) is 28.7 Å². The van der Waals surface area contributed by atoms with Crippen LogP contribution in [0, 0.1) is 5.92 Å². The van der Waals surface area contributed by atoms with Crippen LogP contribution in [-0.2, 0) is 6.54 Å². The third-order valence-corrected chi connectivity index (χ3v) is 4.37. The highest BCUT2D eigenvalue weighted by Gasteiger charge is 2.19. The molecule has 0 radical (unpaired) electrons. The second-order valence-corrected chi connectivity index (χ2v) is 6.82. The second kappa shape index (κ2) is 7.41. The summed E-state index contributed by atoms with van der Waals surface area (Å²) in [6.45, 7) is 9.20. The molecule has 0 aliphatic carbocycles. The maximum absolute atomic E-state index is 3.56. The molecule has 0 amide bonds. The highest BCUT2D eigenvalue weighted by atomic mass is 79.9. The molecule has 1 N–H and O–H groups in total. The molecule has 0 unspecified atom stereocenters. The first-order chi connectivity index (χ1) is 9.13. The largest absolute Gasteiger partial charge is 0.314 e. The molecule has 19 heavy (non-hydrogen) atoms. The van der Waals surface area contributed by atoms with Crippen molar-refractivity contribution in [2.45, 2.75) is 39.3 Å². The highest BCUT2D eigenvalue weighted by Crippen LogP contribution is 2.19. The van der Waals surface area contributed by atoms with Crippen LogP contribution in [0.2, 0.25) is 0 Å². The number of hydrogen-bond donors (Lipinski definition) is 1. The van der Waals surface area contributed by atoms with Gasteiger partial charge in [0.05, 0.1) is 0 Å². The van der Waals surface area contributed by atoms with E-state index in [1.165, 1.54) is 38.0 Å². The normalized spacial score (nSPS) is 18.1. The monoisotopic (exact) mass is 324 g/mol. The Morgan fingerprint density at radius 2 is 1.84 bits per heavy atom. The first-order valence-electron chi connectivity index (χ1n) is 7.33. The number of nitrogens with zero attached hydrogens (tertiary/aromatic N) is 1. The van der Waals surface area contributed by atoms with Crippen LogP contribution in [0.4, 0.5) is 0 Å². The van der Waals surface area contributed by atoms with Gasteiger partial charge in [0, 0.05) is 17.1 Å². The molecule has 1 aliphatic rings. The standard InChI is InChI=1S/C16H25BrN2/c1-13(2)18-11-14-7-9-19(10-8-14)12-15-3-5-16(17)6-4-15/h3-6,13-14,18H,7-12H2,1-2H3. The van der Waals surface area contributed by atoms with Gasteiger partial charge in [-0.3, -0.25) is 4.90 Å². The van der Waals surface area contributed by atoms with Crippen molar-refractivity contribution in [2.24, 2.45) is 5.92 Å². The second-order valence-electron chi connectivity index (χ2n) is 5.91. The van der Waals surface area contributed by atoms with Gasteiger partial charge in [-0.15, -0.1) is 0 Å². The van der Waals surface area contributed by atoms with E-state index in [4.69, 9.17) is 0 Å². The molecule has 0 saturated carbocycles. The van der Waals surface area contributed by atoms with Crippen LogP contribution < -0.4 is 5.32 Å². The van der Waals surface area contributed by atoms with Gasteiger partial charge in [0.25, 0.3) is 0 Å². The summed E-state index contributed by atoms with van der Waals surface area (Å²) in [7, 11) is 0. The summed E-state index contributed by atoms with van der Waals surface area (Å²) < 4.78 is 1.16. The zero-order chi connectivity index (χ0) is 13.7. The fourth-order valence-electron chi connectivity index (χ4n) is 2.60. The number of halogens is 1. The van der Waals surface area contributed by atoms with Crippen molar-refractivity contribution in [2.75, 3.05) is 19.6 Å². The fourth-order valence-corrected chi connectivity index (χ4v) is 2.86. The quantitative estimate of drug-likeness (QED) is 0.889. The highest BCUT2D eigenvalue weighted by molar-refractivity contribution is 9.10. The van der Waals surface area contributed by atoms with E-state index in [0.717, 1.165) is 16.9 Å². The van der Waals surface area contributed by atoms with E-state index in [0.29, 0.717) is 6.04 Å². The van der Waals surface area contributed by atoms with Gasteiger partial charge in [0.2, 0.25) is 0 Å². The molecule has 2 nitrogen and oxygen atoms in total. The molecule has 3 heteroatoms. The molecule has 1 aromatic carbocycles. The Labute approximate surface area is 125 Å². The third-order valence-electron chi connectivity index (χ3n) is 3.84. The maximum Gasteiger partial charge on any atom is 0.0233 e. The minimum atomic E-state index is 0.612. The minimum absolute atomic E-state index is 0.612.